The number of benzene rings is 2. The van der Waals surface area contributed by atoms with Crippen LogP contribution in [-0.2, 0) is 6.61 Å². The normalized spacial score (nSPS) is 10.9. The highest BCUT2D eigenvalue weighted by Gasteiger charge is 2.05. The van der Waals surface area contributed by atoms with Gasteiger partial charge in [-0.1, -0.05) is 18.2 Å². The Balaban J connectivity index is 1.52. The second kappa shape index (κ2) is 10.4. The molecule has 2 amide bonds. The van der Waals surface area contributed by atoms with E-state index >= 15 is 0 Å². The van der Waals surface area contributed by atoms with Gasteiger partial charge in [0, 0.05) is 22.7 Å². The smallest absolute Gasteiger partial charge is 0.319 e. The fraction of sp³-hybridized carbons (Fsp3) is 0.174. The van der Waals surface area contributed by atoms with Crippen LogP contribution >= 0.6 is 11.3 Å². The van der Waals surface area contributed by atoms with E-state index in [1.54, 1.807) is 35.9 Å². The number of aromatic nitrogens is 1. The van der Waals surface area contributed by atoms with E-state index in [9.17, 15) is 9.59 Å². The lowest BCUT2D eigenvalue weighted by Crippen LogP contribution is -2.34. The molecule has 0 aliphatic carbocycles. The minimum atomic E-state index is -0.275. The number of ketones is 1. The summed E-state index contributed by atoms with van der Waals surface area (Å²) in [7, 11) is 0. The van der Waals surface area contributed by atoms with Gasteiger partial charge >= 0.3 is 6.03 Å². The summed E-state index contributed by atoms with van der Waals surface area (Å²) in [5.74, 6) is 0.633. The SMILES string of the molecule is CC(C)NC(=O)Nc1ccc(C(=O)/C=C/c2ccc(OCc3cscn3)cc2)cc1. The van der Waals surface area contributed by atoms with Gasteiger partial charge in [0.2, 0.25) is 0 Å². The number of nitrogens with zero attached hydrogens (tertiary/aromatic N) is 1. The second-order valence-electron chi connectivity index (χ2n) is 6.87. The van der Waals surface area contributed by atoms with Crippen LogP contribution in [0, 0.1) is 0 Å². The summed E-state index contributed by atoms with van der Waals surface area (Å²) in [6, 6.07) is 14.1. The average Bonchev–Trinajstić information content (AvgIpc) is 3.25. The number of rotatable bonds is 8. The Bertz CT molecular complexity index is 995. The topological polar surface area (TPSA) is 80.3 Å². The zero-order valence-corrected chi connectivity index (χ0v) is 17.6. The van der Waals surface area contributed by atoms with Crippen molar-refractivity contribution in [1.82, 2.24) is 10.3 Å². The third kappa shape index (κ3) is 6.56. The molecule has 6 nitrogen and oxygen atoms in total. The Morgan fingerprint density at radius 3 is 2.47 bits per heavy atom. The molecule has 2 aromatic carbocycles. The minimum absolute atomic E-state index is 0.0505. The van der Waals surface area contributed by atoms with E-state index in [0.717, 1.165) is 17.0 Å². The molecule has 0 saturated heterocycles. The van der Waals surface area contributed by atoms with Crippen LogP contribution < -0.4 is 15.4 Å². The first-order valence-corrected chi connectivity index (χ1v) is 10.4. The zero-order valence-electron chi connectivity index (χ0n) is 16.8. The van der Waals surface area contributed by atoms with E-state index in [-0.39, 0.29) is 17.9 Å². The first kappa shape index (κ1) is 21.3. The molecule has 7 heteroatoms. The van der Waals surface area contributed by atoms with Crippen molar-refractivity contribution in [3.05, 3.63) is 82.3 Å². The molecule has 0 aliphatic heterocycles. The summed E-state index contributed by atoms with van der Waals surface area (Å²) < 4.78 is 5.68. The highest BCUT2D eigenvalue weighted by molar-refractivity contribution is 7.07. The van der Waals surface area contributed by atoms with Gasteiger partial charge in [0.25, 0.3) is 0 Å². The molecule has 0 aliphatic rings. The number of nitrogens with one attached hydrogen (secondary N) is 2. The molecule has 2 N–H and O–H groups in total. The molecule has 0 saturated carbocycles. The van der Waals surface area contributed by atoms with E-state index in [4.69, 9.17) is 4.74 Å². The molecule has 30 heavy (non-hydrogen) atoms. The number of carbonyl (C=O) groups excluding carboxylic acids is 2. The minimum Gasteiger partial charge on any atom is -0.487 e. The highest BCUT2D eigenvalue weighted by atomic mass is 32.1. The maximum Gasteiger partial charge on any atom is 0.319 e. The predicted octanol–water partition coefficient (Wildman–Crippen LogP) is 5.15. The van der Waals surface area contributed by atoms with Gasteiger partial charge < -0.3 is 15.4 Å². The maximum absolute atomic E-state index is 12.4. The van der Waals surface area contributed by atoms with Crippen molar-refractivity contribution >= 4 is 34.9 Å². The number of hydrogen-bond donors (Lipinski definition) is 2. The van der Waals surface area contributed by atoms with Crippen LogP contribution in [0.3, 0.4) is 0 Å². The molecule has 3 rings (SSSR count). The van der Waals surface area contributed by atoms with Crippen LogP contribution in [0.15, 0.2) is 65.5 Å². The van der Waals surface area contributed by atoms with E-state index in [1.807, 2.05) is 43.5 Å². The maximum atomic E-state index is 12.4. The van der Waals surface area contributed by atoms with Crippen LogP contribution in [-0.4, -0.2) is 22.8 Å². The molecule has 0 fully saturated rings. The van der Waals surface area contributed by atoms with Crippen molar-refractivity contribution in [2.24, 2.45) is 0 Å². The van der Waals surface area contributed by atoms with Crippen LogP contribution in [0.2, 0.25) is 0 Å². The molecule has 0 radical (unpaired) electrons. The number of amides is 2. The number of ether oxygens (including phenoxy) is 1. The largest absolute Gasteiger partial charge is 0.487 e. The average molecular weight is 422 g/mol. The van der Waals surface area contributed by atoms with Crippen LogP contribution in [0.5, 0.6) is 5.75 Å². The standard InChI is InChI=1S/C23H23N3O3S/c1-16(2)25-23(28)26-19-8-6-18(7-9-19)22(27)12-5-17-3-10-21(11-4-17)29-13-20-14-30-15-24-20/h3-12,14-16H,13H2,1-2H3,(H2,25,26,28)/b12-5+. The van der Waals surface area contributed by atoms with Gasteiger partial charge in [-0.3, -0.25) is 4.79 Å². The Morgan fingerprint density at radius 2 is 1.83 bits per heavy atom. The van der Waals surface area contributed by atoms with E-state index in [1.165, 1.54) is 17.4 Å². The van der Waals surface area contributed by atoms with Crippen molar-refractivity contribution in [3.63, 3.8) is 0 Å². The number of allylic oxidation sites excluding steroid dienone is 1. The first-order valence-electron chi connectivity index (χ1n) is 9.49. The monoisotopic (exact) mass is 421 g/mol. The van der Waals surface area contributed by atoms with Crippen molar-refractivity contribution in [1.29, 1.82) is 0 Å². The molecule has 0 atom stereocenters. The number of hydrogen-bond acceptors (Lipinski definition) is 5. The predicted molar refractivity (Wildman–Crippen MR) is 120 cm³/mol. The lowest BCUT2D eigenvalue weighted by atomic mass is 10.1. The molecular weight excluding hydrogens is 398 g/mol. The summed E-state index contributed by atoms with van der Waals surface area (Å²) in [5, 5.41) is 7.42. The fourth-order valence-electron chi connectivity index (χ4n) is 2.56. The lowest BCUT2D eigenvalue weighted by molar-refractivity contribution is 0.104. The Kier molecular flexibility index (Phi) is 7.34. The quantitative estimate of drug-likeness (QED) is 0.389. The van der Waals surface area contributed by atoms with Gasteiger partial charge in [-0.2, -0.15) is 0 Å². The summed E-state index contributed by atoms with van der Waals surface area (Å²) in [6.07, 6.45) is 3.29. The summed E-state index contributed by atoms with van der Waals surface area (Å²) in [5.41, 5.74) is 4.74. The molecule has 1 aromatic heterocycles. The van der Waals surface area contributed by atoms with Gasteiger partial charge in [0.1, 0.15) is 12.4 Å². The van der Waals surface area contributed by atoms with Crippen molar-refractivity contribution in [2.45, 2.75) is 26.5 Å². The van der Waals surface area contributed by atoms with Gasteiger partial charge in [-0.05, 0) is 61.9 Å². The highest BCUT2D eigenvalue weighted by Crippen LogP contribution is 2.16. The van der Waals surface area contributed by atoms with Crippen molar-refractivity contribution in [2.75, 3.05) is 5.32 Å². The van der Waals surface area contributed by atoms with Gasteiger partial charge in [0.05, 0.1) is 11.2 Å². The number of thiazole rings is 1. The second-order valence-corrected chi connectivity index (χ2v) is 7.58. The van der Waals surface area contributed by atoms with Gasteiger partial charge in [-0.15, -0.1) is 11.3 Å². The first-order chi connectivity index (χ1) is 14.5. The molecule has 0 bridgehead atoms. The fourth-order valence-corrected chi connectivity index (χ4v) is 3.10. The zero-order chi connectivity index (χ0) is 21.3. The summed E-state index contributed by atoms with van der Waals surface area (Å²) in [4.78, 5) is 28.3. The van der Waals surface area contributed by atoms with E-state index < -0.39 is 0 Å². The van der Waals surface area contributed by atoms with Gasteiger partial charge in [0.15, 0.2) is 5.78 Å². The molecule has 0 spiro atoms. The van der Waals surface area contributed by atoms with E-state index in [0.29, 0.717) is 17.9 Å². The number of carbonyl (C=O) groups is 2. The van der Waals surface area contributed by atoms with Crippen LogP contribution in [0.1, 0.15) is 35.5 Å². The number of urea groups is 1. The summed E-state index contributed by atoms with van der Waals surface area (Å²) in [6.45, 7) is 4.20. The van der Waals surface area contributed by atoms with E-state index in [2.05, 4.69) is 15.6 Å². The van der Waals surface area contributed by atoms with Crippen molar-refractivity contribution in [3.8, 4) is 5.75 Å². The molecule has 0 unspecified atom stereocenters. The van der Waals surface area contributed by atoms with Gasteiger partial charge in [-0.25, -0.2) is 9.78 Å². The Labute approximate surface area is 179 Å². The lowest BCUT2D eigenvalue weighted by Gasteiger charge is -2.10. The molecule has 1 heterocycles. The van der Waals surface area contributed by atoms with Crippen LogP contribution in [0.4, 0.5) is 10.5 Å². The van der Waals surface area contributed by atoms with Crippen LogP contribution in [0.25, 0.3) is 6.08 Å². The molecular formula is C23H23N3O3S. The van der Waals surface area contributed by atoms with Crippen molar-refractivity contribution < 1.29 is 14.3 Å². The molecule has 3 aromatic rings. The Morgan fingerprint density at radius 1 is 1.10 bits per heavy atom. The molecule has 154 valence electrons. The Hall–Kier alpha value is -3.45. The third-order valence-corrected chi connectivity index (χ3v) is 4.66. The summed E-state index contributed by atoms with van der Waals surface area (Å²) >= 11 is 1.54. The third-order valence-electron chi connectivity index (χ3n) is 4.02. The number of anilines is 1.